The van der Waals surface area contributed by atoms with E-state index in [1.54, 1.807) is 7.11 Å². The lowest BCUT2D eigenvalue weighted by atomic mass is 9.91. The van der Waals surface area contributed by atoms with Gasteiger partial charge in [-0.1, -0.05) is 31.2 Å². The molecule has 0 amide bonds. The summed E-state index contributed by atoms with van der Waals surface area (Å²) in [4.78, 5) is 7.41. The van der Waals surface area contributed by atoms with E-state index in [0.717, 1.165) is 31.7 Å². The quantitative estimate of drug-likeness (QED) is 0.588. The number of anilines is 1. The van der Waals surface area contributed by atoms with E-state index >= 15 is 0 Å². The zero-order valence-electron chi connectivity index (χ0n) is 17.2. The molecule has 4 rings (SSSR count). The van der Waals surface area contributed by atoms with E-state index < -0.39 is 0 Å². The third-order valence-electron chi connectivity index (χ3n) is 6.12. The molecule has 2 aromatic heterocycles. The number of benzene rings is 1. The second-order valence-electron chi connectivity index (χ2n) is 7.45. The van der Waals surface area contributed by atoms with Gasteiger partial charge in [0, 0.05) is 37.5 Å². The highest BCUT2D eigenvalue weighted by Crippen LogP contribution is 2.39. The van der Waals surface area contributed by atoms with E-state index in [0.29, 0.717) is 12.6 Å². The molecule has 3 heterocycles. The van der Waals surface area contributed by atoms with E-state index in [1.165, 1.54) is 33.3 Å². The van der Waals surface area contributed by atoms with Gasteiger partial charge >= 0.3 is 0 Å². The second kappa shape index (κ2) is 8.54. The minimum atomic E-state index is 0. The highest BCUT2D eigenvalue weighted by atomic mass is 35.5. The summed E-state index contributed by atoms with van der Waals surface area (Å²) in [6.07, 6.45) is 4.12. The predicted molar refractivity (Wildman–Crippen MR) is 119 cm³/mol. The molecule has 4 nitrogen and oxygen atoms in total. The summed E-state index contributed by atoms with van der Waals surface area (Å²) in [6, 6.07) is 11.4. The molecule has 1 aliphatic rings. The van der Waals surface area contributed by atoms with Crippen LogP contribution in [0.15, 0.2) is 36.5 Å². The molecule has 150 valence electrons. The zero-order chi connectivity index (χ0) is 19.0. The third kappa shape index (κ3) is 3.29. The Morgan fingerprint density at radius 2 is 1.96 bits per heavy atom. The molecular formula is C23H30ClN3O. The smallest absolute Gasteiger partial charge is 0.153 e. The molecule has 28 heavy (non-hydrogen) atoms. The topological polar surface area (TPSA) is 30.3 Å². The molecule has 0 bridgehead atoms. The van der Waals surface area contributed by atoms with Gasteiger partial charge in [-0.25, -0.2) is 4.98 Å². The summed E-state index contributed by atoms with van der Waals surface area (Å²) in [6.45, 7) is 9.27. The number of hydrogen-bond donors (Lipinski definition) is 0. The molecule has 0 aliphatic carbocycles. The maximum absolute atomic E-state index is 5.38. The molecule has 0 N–H and O–H groups in total. The van der Waals surface area contributed by atoms with Crippen molar-refractivity contribution < 1.29 is 4.74 Å². The Morgan fingerprint density at radius 1 is 1.18 bits per heavy atom. The van der Waals surface area contributed by atoms with Crippen LogP contribution in [0.5, 0.6) is 0 Å². The number of fused-ring (bicyclic) bond motifs is 2. The largest absolute Gasteiger partial charge is 0.383 e. The summed E-state index contributed by atoms with van der Waals surface area (Å²) in [5.41, 5.74) is 6.84. The van der Waals surface area contributed by atoms with Crippen molar-refractivity contribution in [1.29, 1.82) is 0 Å². The van der Waals surface area contributed by atoms with Gasteiger partial charge < -0.3 is 14.2 Å². The Hall–Kier alpha value is -2.04. The summed E-state index contributed by atoms with van der Waals surface area (Å²) in [5.74, 6) is 1.11. The third-order valence-corrected chi connectivity index (χ3v) is 6.12. The summed E-state index contributed by atoms with van der Waals surface area (Å²) in [5, 5.41) is 1.31. The summed E-state index contributed by atoms with van der Waals surface area (Å²) < 4.78 is 7.77. The lowest BCUT2D eigenvalue weighted by Gasteiger charge is -2.38. The first kappa shape index (κ1) is 20.7. The number of aryl methyl sites for hydroxylation is 1. The Bertz CT molecular complexity index is 966. The van der Waals surface area contributed by atoms with Crippen LogP contribution in [0.4, 0.5) is 5.82 Å². The van der Waals surface area contributed by atoms with E-state index in [4.69, 9.17) is 9.72 Å². The van der Waals surface area contributed by atoms with Crippen molar-refractivity contribution in [3.05, 3.63) is 58.9 Å². The van der Waals surface area contributed by atoms with Crippen molar-refractivity contribution in [1.82, 2.24) is 9.55 Å². The van der Waals surface area contributed by atoms with Gasteiger partial charge in [0.25, 0.3) is 0 Å². The Balaban J connectivity index is 0.00000225. The van der Waals surface area contributed by atoms with Crippen molar-refractivity contribution in [2.24, 2.45) is 0 Å². The van der Waals surface area contributed by atoms with Crippen molar-refractivity contribution in [3.63, 3.8) is 0 Å². The minimum absolute atomic E-state index is 0. The average molecular weight is 400 g/mol. The standard InChI is InChI=1S/C23H29N3O.ClH/c1-5-21-20-9-7-6-8-18(20)11-13-26(21)23-22-19(10-12-24-23)16(2)17(3)25(22)14-15-27-4;/h6-10,12,21H,5,11,13-15H2,1-4H3;1H. The van der Waals surface area contributed by atoms with Gasteiger partial charge in [0.05, 0.1) is 18.2 Å². The molecule has 0 saturated heterocycles. The molecule has 1 atom stereocenters. The first-order chi connectivity index (χ1) is 13.2. The number of aromatic nitrogens is 2. The van der Waals surface area contributed by atoms with Gasteiger partial charge in [-0.3, -0.25) is 0 Å². The highest BCUT2D eigenvalue weighted by molar-refractivity contribution is 5.93. The van der Waals surface area contributed by atoms with Gasteiger partial charge in [0.2, 0.25) is 0 Å². The van der Waals surface area contributed by atoms with Crippen LogP contribution >= 0.6 is 12.4 Å². The number of ether oxygens (including phenoxy) is 1. The number of nitrogens with zero attached hydrogens (tertiary/aromatic N) is 3. The fourth-order valence-electron chi connectivity index (χ4n) is 4.59. The summed E-state index contributed by atoms with van der Waals surface area (Å²) >= 11 is 0. The van der Waals surface area contributed by atoms with Crippen LogP contribution in [0.25, 0.3) is 10.9 Å². The first-order valence-electron chi connectivity index (χ1n) is 9.95. The number of methoxy groups -OCH3 is 1. The number of halogens is 1. The minimum Gasteiger partial charge on any atom is -0.383 e. The van der Waals surface area contributed by atoms with E-state index in [1.807, 2.05) is 6.20 Å². The van der Waals surface area contributed by atoms with Crippen molar-refractivity contribution >= 4 is 29.1 Å². The van der Waals surface area contributed by atoms with Gasteiger partial charge in [-0.15, -0.1) is 12.4 Å². The number of rotatable bonds is 5. The maximum atomic E-state index is 5.38. The van der Waals surface area contributed by atoms with Crippen LogP contribution in [-0.4, -0.2) is 29.8 Å². The molecule has 1 unspecified atom stereocenters. The van der Waals surface area contributed by atoms with E-state index in [-0.39, 0.29) is 12.4 Å². The van der Waals surface area contributed by atoms with Crippen molar-refractivity contribution in [3.8, 4) is 0 Å². The molecule has 0 radical (unpaired) electrons. The zero-order valence-corrected chi connectivity index (χ0v) is 18.1. The molecule has 5 heteroatoms. The monoisotopic (exact) mass is 399 g/mol. The number of pyridine rings is 1. The Labute approximate surface area is 173 Å². The van der Waals surface area contributed by atoms with Gasteiger partial charge in [-0.2, -0.15) is 0 Å². The maximum Gasteiger partial charge on any atom is 0.153 e. The van der Waals surface area contributed by atoms with Crippen LogP contribution < -0.4 is 4.90 Å². The van der Waals surface area contributed by atoms with Crippen molar-refractivity contribution in [2.75, 3.05) is 25.2 Å². The van der Waals surface area contributed by atoms with Gasteiger partial charge in [0.1, 0.15) is 0 Å². The molecular weight excluding hydrogens is 370 g/mol. The normalized spacial score (nSPS) is 16.1. The molecule has 3 aromatic rings. The summed E-state index contributed by atoms with van der Waals surface area (Å²) in [7, 11) is 1.77. The number of hydrogen-bond acceptors (Lipinski definition) is 3. The molecule has 1 aliphatic heterocycles. The van der Waals surface area contributed by atoms with E-state index in [9.17, 15) is 0 Å². The Kier molecular flexibility index (Phi) is 6.31. The van der Waals surface area contributed by atoms with Crippen LogP contribution in [0, 0.1) is 13.8 Å². The SMILES string of the molecule is CCC1c2ccccc2CCN1c1nccc2c(C)c(C)n(CCOC)c12.Cl. The van der Waals surface area contributed by atoms with Gasteiger partial charge in [0.15, 0.2) is 5.82 Å². The fourth-order valence-corrected chi connectivity index (χ4v) is 4.59. The van der Waals surface area contributed by atoms with Crippen molar-refractivity contribution in [2.45, 2.75) is 46.2 Å². The van der Waals surface area contributed by atoms with Crippen LogP contribution in [0.3, 0.4) is 0 Å². The van der Waals surface area contributed by atoms with Crippen LogP contribution in [0.1, 0.15) is 41.8 Å². The van der Waals surface area contributed by atoms with Crippen LogP contribution in [-0.2, 0) is 17.7 Å². The highest BCUT2D eigenvalue weighted by Gasteiger charge is 2.29. The second-order valence-corrected chi connectivity index (χ2v) is 7.45. The lowest BCUT2D eigenvalue weighted by Crippen LogP contribution is -2.36. The molecule has 1 aromatic carbocycles. The average Bonchev–Trinajstić information content (AvgIpc) is 2.96. The molecule has 0 saturated carbocycles. The Morgan fingerprint density at radius 3 is 2.71 bits per heavy atom. The van der Waals surface area contributed by atoms with E-state index in [2.05, 4.69) is 60.6 Å². The molecule has 0 fully saturated rings. The van der Waals surface area contributed by atoms with Crippen LogP contribution in [0.2, 0.25) is 0 Å². The van der Waals surface area contributed by atoms with Gasteiger partial charge in [-0.05, 0) is 49.4 Å². The predicted octanol–water partition coefficient (Wildman–Crippen LogP) is 5.24. The molecule has 0 spiro atoms. The lowest BCUT2D eigenvalue weighted by molar-refractivity contribution is 0.188. The first-order valence-corrected chi connectivity index (χ1v) is 9.95. The fraction of sp³-hybridized carbons (Fsp3) is 0.435.